The highest BCUT2D eigenvalue weighted by molar-refractivity contribution is 6.09. The molecule has 1 heterocycles. The first-order chi connectivity index (χ1) is 9.59. The predicted molar refractivity (Wildman–Crippen MR) is 79.4 cm³/mol. The van der Waals surface area contributed by atoms with Crippen molar-refractivity contribution in [3.05, 3.63) is 30.3 Å². The Labute approximate surface area is 120 Å². The molecule has 0 radical (unpaired) electrons. The third kappa shape index (κ3) is 3.38. The van der Waals surface area contributed by atoms with Crippen LogP contribution in [0.15, 0.2) is 30.3 Å². The van der Waals surface area contributed by atoms with Crippen molar-refractivity contribution < 1.29 is 9.59 Å². The summed E-state index contributed by atoms with van der Waals surface area (Å²) in [6.07, 6.45) is 1.54. The molecule has 1 aromatic carbocycles. The Kier molecular flexibility index (Phi) is 4.77. The van der Waals surface area contributed by atoms with Gasteiger partial charge in [-0.3, -0.25) is 9.59 Å². The molecule has 0 spiro atoms. The lowest BCUT2D eigenvalue weighted by Crippen LogP contribution is -2.37. The molecule has 4 nitrogen and oxygen atoms in total. The number of carbonyl (C=O) groups is 2. The van der Waals surface area contributed by atoms with Crippen LogP contribution in [-0.4, -0.2) is 24.9 Å². The van der Waals surface area contributed by atoms with Crippen LogP contribution in [0.4, 0.5) is 5.69 Å². The maximum atomic E-state index is 12.3. The smallest absolute Gasteiger partial charge is 0.239 e. The average Bonchev–Trinajstić information content (AvgIpc) is 2.81. The third-order valence-electron chi connectivity index (χ3n) is 3.61. The molecular weight excluding hydrogens is 252 g/mol. The number of nitrogens with zero attached hydrogens (tertiary/aromatic N) is 1. The molecule has 1 saturated heterocycles. The molecule has 1 atom stereocenters. The summed E-state index contributed by atoms with van der Waals surface area (Å²) in [6.45, 7) is 5.49. The van der Waals surface area contributed by atoms with Crippen LogP contribution < -0.4 is 10.2 Å². The molecule has 1 aromatic rings. The van der Waals surface area contributed by atoms with E-state index in [-0.39, 0.29) is 11.8 Å². The molecule has 0 unspecified atom stereocenters. The van der Waals surface area contributed by atoms with Gasteiger partial charge in [0.2, 0.25) is 11.8 Å². The SMILES string of the molecule is CC(C)CCNC(=O)[C@@H]1CCN(c2ccccc2)C1=O. The van der Waals surface area contributed by atoms with Crippen LogP contribution in [0.25, 0.3) is 0 Å². The van der Waals surface area contributed by atoms with Gasteiger partial charge < -0.3 is 10.2 Å². The molecular formula is C16H22N2O2. The quantitative estimate of drug-likeness (QED) is 0.837. The zero-order valence-corrected chi connectivity index (χ0v) is 12.1. The van der Waals surface area contributed by atoms with Gasteiger partial charge in [-0.25, -0.2) is 0 Å². The minimum absolute atomic E-state index is 0.0850. The summed E-state index contributed by atoms with van der Waals surface area (Å²) in [4.78, 5) is 26.1. The van der Waals surface area contributed by atoms with Crippen molar-refractivity contribution >= 4 is 17.5 Å². The molecule has 108 valence electrons. The number of benzene rings is 1. The topological polar surface area (TPSA) is 49.4 Å². The monoisotopic (exact) mass is 274 g/mol. The van der Waals surface area contributed by atoms with E-state index in [2.05, 4.69) is 19.2 Å². The van der Waals surface area contributed by atoms with Gasteiger partial charge in [-0.15, -0.1) is 0 Å². The van der Waals surface area contributed by atoms with Gasteiger partial charge in [-0.05, 0) is 30.9 Å². The van der Waals surface area contributed by atoms with Gasteiger partial charge in [-0.1, -0.05) is 32.0 Å². The Balaban J connectivity index is 1.92. The summed E-state index contributed by atoms with van der Waals surface area (Å²) in [6, 6.07) is 9.52. The zero-order valence-electron chi connectivity index (χ0n) is 12.1. The Hall–Kier alpha value is -1.84. The second kappa shape index (κ2) is 6.55. The molecule has 0 saturated carbocycles. The van der Waals surface area contributed by atoms with Crippen molar-refractivity contribution in [2.24, 2.45) is 11.8 Å². The fraction of sp³-hybridized carbons (Fsp3) is 0.500. The van der Waals surface area contributed by atoms with Gasteiger partial charge in [0.15, 0.2) is 0 Å². The fourth-order valence-corrected chi connectivity index (χ4v) is 2.39. The molecule has 20 heavy (non-hydrogen) atoms. The van der Waals surface area contributed by atoms with Crippen molar-refractivity contribution in [2.75, 3.05) is 18.0 Å². The predicted octanol–water partition coefficient (Wildman–Crippen LogP) is 2.20. The van der Waals surface area contributed by atoms with Crippen molar-refractivity contribution in [3.63, 3.8) is 0 Å². The van der Waals surface area contributed by atoms with E-state index < -0.39 is 5.92 Å². The Morgan fingerprint density at radius 1 is 1.35 bits per heavy atom. The maximum Gasteiger partial charge on any atom is 0.239 e. The van der Waals surface area contributed by atoms with E-state index in [9.17, 15) is 9.59 Å². The van der Waals surface area contributed by atoms with Crippen molar-refractivity contribution in [2.45, 2.75) is 26.7 Å². The van der Waals surface area contributed by atoms with Crippen molar-refractivity contribution in [3.8, 4) is 0 Å². The highest BCUT2D eigenvalue weighted by Gasteiger charge is 2.37. The number of rotatable bonds is 5. The van der Waals surface area contributed by atoms with E-state index >= 15 is 0 Å². The van der Waals surface area contributed by atoms with Crippen molar-refractivity contribution in [1.29, 1.82) is 0 Å². The molecule has 0 bridgehead atoms. The van der Waals surface area contributed by atoms with Gasteiger partial charge in [0.05, 0.1) is 0 Å². The van der Waals surface area contributed by atoms with E-state index in [1.807, 2.05) is 30.3 Å². The molecule has 1 aliphatic rings. The minimum atomic E-state index is -0.526. The Bertz CT molecular complexity index is 471. The average molecular weight is 274 g/mol. The number of para-hydroxylation sites is 1. The first-order valence-electron chi connectivity index (χ1n) is 7.23. The second-order valence-corrected chi connectivity index (χ2v) is 5.64. The molecule has 0 aliphatic carbocycles. The number of hydrogen-bond donors (Lipinski definition) is 1. The summed E-state index contributed by atoms with van der Waals surface area (Å²) in [5, 5.41) is 2.87. The second-order valence-electron chi connectivity index (χ2n) is 5.64. The lowest BCUT2D eigenvalue weighted by Gasteiger charge is -2.16. The van der Waals surface area contributed by atoms with Gasteiger partial charge in [0, 0.05) is 18.8 Å². The highest BCUT2D eigenvalue weighted by atomic mass is 16.2. The maximum absolute atomic E-state index is 12.3. The number of carbonyl (C=O) groups excluding carboxylic acids is 2. The van der Waals surface area contributed by atoms with Crippen LogP contribution in [0.3, 0.4) is 0 Å². The Morgan fingerprint density at radius 2 is 2.05 bits per heavy atom. The number of amides is 2. The highest BCUT2D eigenvalue weighted by Crippen LogP contribution is 2.24. The molecule has 1 aliphatic heterocycles. The van der Waals surface area contributed by atoms with E-state index in [1.165, 1.54) is 0 Å². The van der Waals surface area contributed by atoms with Gasteiger partial charge in [0.25, 0.3) is 0 Å². The van der Waals surface area contributed by atoms with E-state index in [1.54, 1.807) is 4.90 Å². The summed E-state index contributed by atoms with van der Waals surface area (Å²) in [5.41, 5.74) is 0.870. The summed E-state index contributed by atoms with van der Waals surface area (Å²) in [5.74, 6) is -0.190. The zero-order chi connectivity index (χ0) is 14.5. The summed E-state index contributed by atoms with van der Waals surface area (Å²) in [7, 11) is 0. The molecule has 2 rings (SSSR count). The van der Waals surface area contributed by atoms with Crippen LogP contribution in [-0.2, 0) is 9.59 Å². The fourth-order valence-electron chi connectivity index (χ4n) is 2.39. The minimum Gasteiger partial charge on any atom is -0.355 e. The van der Waals surface area contributed by atoms with Gasteiger partial charge in [-0.2, -0.15) is 0 Å². The van der Waals surface area contributed by atoms with Crippen LogP contribution in [0, 0.1) is 11.8 Å². The number of hydrogen-bond acceptors (Lipinski definition) is 2. The first-order valence-corrected chi connectivity index (χ1v) is 7.23. The molecule has 0 aromatic heterocycles. The number of anilines is 1. The standard InChI is InChI=1S/C16H22N2O2/c1-12(2)8-10-17-15(19)14-9-11-18(16(14)20)13-6-4-3-5-7-13/h3-7,12,14H,8-11H2,1-2H3,(H,17,19)/t14-/m0/s1. The molecule has 2 amide bonds. The van der Waals surface area contributed by atoms with E-state index in [0.717, 1.165) is 12.1 Å². The van der Waals surface area contributed by atoms with Crippen LogP contribution in [0.5, 0.6) is 0 Å². The molecule has 4 heteroatoms. The van der Waals surface area contributed by atoms with Crippen LogP contribution >= 0.6 is 0 Å². The lowest BCUT2D eigenvalue weighted by molar-refractivity contribution is -0.132. The summed E-state index contributed by atoms with van der Waals surface area (Å²) < 4.78 is 0. The van der Waals surface area contributed by atoms with Crippen LogP contribution in [0.1, 0.15) is 26.7 Å². The van der Waals surface area contributed by atoms with E-state index in [0.29, 0.717) is 25.4 Å². The number of nitrogens with one attached hydrogen (secondary N) is 1. The lowest BCUT2D eigenvalue weighted by atomic mass is 10.1. The molecule has 1 fully saturated rings. The summed E-state index contributed by atoms with van der Waals surface area (Å²) >= 11 is 0. The Morgan fingerprint density at radius 3 is 2.70 bits per heavy atom. The largest absolute Gasteiger partial charge is 0.355 e. The van der Waals surface area contributed by atoms with Crippen LogP contribution in [0.2, 0.25) is 0 Å². The normalized spacial score (nSPS) is 18.6. The van der Waals surface area contributed by atoms with E-state index in [4.69, 9.17) is 0 Å². The van der Waals surface area contributed by atoms with Crippen molar-refractivity contribution in [1.82, 2.24) is 5.32 Å². The third-order valence-corrected chi connectivity index (χ3v) is 3.61. The van der Waals surface area contributed by atoms with Gasteiger partial charge in [0.1, 0.15) is 5.92 Å². The molecule has 1 N–H and O–H groups in total. The first kappa shape index (κ1) is 14.6. The van der Waals surface area contributed by atoms with Gasteiger partial charge >= 0.3 is 0 Å².